The van der Waals surface area contributed by atoms with E-state index in [-0.39, 0.29) is 0 Å². The van der Waals surface area contributed by atoms with Crippen molar-refractivity contribution in [2.24, 2.45) is 4.99 Å². The van der Waals surface area contributed by atoms with Crippen molar-refractivity contribution in [1.82, 2.24) is 0 Å². The fourth-order valence-electron chi connectivity index (χ4n) is 2.58. The molecule has 0 atom stereocenters. The Kier molecular flexibility index (Phi) is 6.12. The first kappa shape index (κ1) is 16.8. The lowest BCUT2D eigenvalue weighted by atomic mass is 10.2. The summed E-state index contributed by atoms with van der Waals surface area (Å²) < 4.78 is 0. The molecule has 0 aliphatic heterocycles. The number of aliphatic imine (C=N–C) groups is 1. The molecule has 1 aliphatic rings. The zero-order chi connectivity index (χ0) is 15.3. The van der Waals surface area contributed by atoms with Gasteiger partial charge in [-0.1, -0.05) is 56.2 Å². The van der Waals surface area contributed by atoms with Crippen molar-refractivity contribution in [3.8, 4) is 0 Å². The predicted octanol–water partition coefficient (Wildman–Crippen LogP) is 6.43. The normalized spacial score (nSPS) is 17.4. The van der Waals surface area contributed by atoms with Gasteiger partial charge in [-0.3, -0.25) is 0 Å². The van der Waals surface area contributed by atoms with Crippen LogP contribution in [0.25, 0.3) is 0 Å². The molecule has 2 rings (SSSR count). The third-order valence-corrected chi connectivity index (χ3v) is 7.10. The Morgan fingerprint density at radius 1 is 1.14 bits per heavy atom. The van der Waals surface area contributed by atoms with Gasteiger partial charge in [0.15, 0.2) is 0 Å². The van der Waals surface area contributed by atoms with Crippen molar-refractivity contribution in [1.29, 1.82) is 0 Å². The molecule has 0 amide bonds. The van der Waals surface area contributed by atoms with E-state index >= 15 is 0 Å². The van der Waals surface area contributed by atoms with Crippen molar-refractivity contribution in [2.75, 3.05) is 0 Å². The number of hydrogen-bond acceptors (Lipinski definition) is 2. The van der Waals surface area contributed by atoms with Crippen LogP contribution < -0.4 is 0 Å². The highest BCUT2D eigenvalue weighted by molar-refractivity contribution is 8.14. The highest BCUT2D eigenvalue weighted by atomic mass is 32.2. The Labute approximate surface area is 135 Å². The molecule has 1 nitrogen and oxygen atoms in total. The summed E-state index contributed by atoms with van der Waals surface area (Å²) in [6.07, 6.45) is 6.74. The summed E-state index contributed by atoms with van der Waals surface area (Å²) in [5.41, 5.74) is 2.43. The Balaban J connectivity index is 2.07. The van der Waals surface area contributed by atoms with Crippen molar-refractivity contribution in [2.45, 2.75) is 70.0 Å². The van der Waals surface area contributed by atoms with Gasteiger partial charge in [0.05, 0.1) is 10.7 Å². The molecule has 1 aliphatic carbocycles. The van der Waals surface area contributed by atoms with E-state index in [4.69, 9.17) is 4.99 Å². The van der Waals surface area contributed by atoms with E-state index in [1.165, 1.54) is 48.8 Å². The van der Waals surface area contributed by atoms with Crippen LogP contribution in [-0.4, -0.2) is 18.4 Å². The largest absolute Gasteiger partial charge is 0.247 e. The van der Waals surface area contributed by atoms with Gasteiger partial charge in [0, 0.05) is 13.3 Å². The standard InChI is InChI=1S/C18H29NSSi/c1-15-9-11-16(12-10-15)19-18(13-14-21(2,3)4)20-17-7-5-6-8-17/h9-12,17H,5-8,13-14H2,1-4H3. The van der Waals surface area contributed by atoms with Gasteiger partial charge in [-0.25, -0.2) is 4.99 Å². The van der Waals surface area contributed by atoms with Gasteiger partial charge in [0.25, 0.3) is 0 Å². The lowest BCUT2D eigenvalue weighted by Gasteiger charge is -2.18. The summed E-state index contributed by atoms with van der Waals surface area (Å²) in [6.45, 7) is 9.50. The summed E-state index contributed by atoms with van der Waals surface area (Å²) in [6, 6.07) is 9.97. The lowest BCUT2D eigenvalue weighted by Crippen LogP contribution is -2.20. The van der Waals surface area contributed by atoms with Crippen molar-refractivity contribution in [3.63, 3.8) is 0 Å². The van der Waals surface area contributed by atoms with Crippen LogP contribution >= 0.6 is 11.8 Å². The van der Waals surface area contributed by atoms with Gasteiger partial charge in [0.1, 0.15) is 0 Å². The fraction of sp³-hybridized carbons (Fsp3) is 0.611. The number of benzene rings is 1. The highest BCUT2D eigenvalue weighted by Gasteiger charge is 2.20. The third-order valence-electron chi connectivity index (χ3n) is 3.98. The van der Waals surface area contributed by atoms with Gasteiger partial charge in [-0.2, -0.15) is 0 Å². The third kappa shape index (κ3) is 6.39. The van der Waals surface area contributed by atoms with Gasteiger partial charge in [-0.05, 0) is 38.3 Å². The number of nitrogens with zero attached hydrogens (tertiary/aromatic N) is 1. The van der Waals surface area contributed by atoms with E-state index < -0.39 is 8.07 Å². The Bertz CT molecular complexity index is 467. The molecule has 0 bridgehead atoms. The Morgan fingerprint density at radius 2 is 1.76 bits per heavy atom. The number of thioether (sulfide) groups is 1. The first-order valence-corrected chi connectivity index (χ1v) is 12.8. The minimum atomic E-state index is -0.996. The van der Waals surface area contributed by atoms with E-state index in [2.05, 4.69) is 62.6 Å². The maximum atomic E-state index is 4.97. The zero-order valence-corrected chi connectivity index (χ0v) is 15.8. The van der Waals surface area contributed by atoms with Crippen LogP contribution in [0.5, 0.6) is 0 Å². The average molecular weight is 320 g/mol. The van der Waals surface area contributed by atoms with Crippen LogP contribution in [0.2, 0.25) is 25.7 Å². The molecule has 0 saturated heterocycles. The molecule has 0 aromatic heterocycles. The molecular weight excluding hydrogens is 290 g/mol. The fourth-order valence-corrected chi connectivity index (χ4v) is 5.08. The molecule has 1 aromatic carbocycles. The predicted molar refractivity (Wildman–Crippen MR) is 101 cm³/mol. The Morgan fingerprint density at radius 3 is 2.33 bits per heavy atom. The monoisotopic (exact) mass is 319 g/mol. The summed E-state index contributed by atoms with van der Waals surface area (Å²) in [4.78, 5) is 4.97. The van der Waals surface area contributed by atoms with E-state index in [0.29, 0.717) is 0 Å². The molecule has 3 heteroatoms. The van der Waals surface area contributed by atoms with E-state index in [1.807, 2.05) is 0 Å². The smallest absolute Gasteiger partial charge is 0.0738 e. The Hall–Kier alpha value is -0.543. The van der Waals surface area contributed by atoms with Crippen LogP contribution in [0, 0.1) is 6.92 Å². The number of aryl methyl sites for hydroxylation is 1. The van der Waals surface area contributed by atoms with E-state index in [9.17, 15) is 0 Å². The molecule has 1 fully saturated rings. The van der Waals surface area contributed by atoms with E-state index in [1.54, 1.807) is 0 Å². The maximum absolute atomic E-state index is 4.97. The van der Waals surface area contributed by atoms with Crippen LogP contribution in [-0.2, 0) is 0 Å². The summed E-state index contributed by atoms with van der Waals surface area (Å²) >= 11 is 2.06. The molecule has 0 unspecified atom stereocenters. The second kappa shape index (κ2) is 7.64. The SMILES string of the molecule is Cc1ccc(N=C(CC[Si](C)(C)C)SC2CCCC2)cc1. The van der Waals surface area contributed by atoms with Gasteiger partial charge < -0.3 is 0 Å². The molecule has 1 aromatic rings. The van der Waals surface area contributed by atoms with Gasteiger partial charge in [-0.15, -0.1) is 11.8 Å². The maximum Gasteiger partial charge on any atom is 0.0738 e. The average Bonchev–Trinajstić information content (AvgIpc) is 2.91. The molecule has 1 saturated carbocycles. The topological polar surface area (TPSA) is 12.4 Å². The van der Waals surface area contributed by atoms with Crippen molar-refractivity contribution >= 4 is 30.6 Å². The molecule has 0 radical (unpaired) electrons. The highest BCUT2D eigenvalue weighted by Crippen LogP contribution is 2.33. The minimum absolute atomic E-state index is 0.816. The van der Waals surface area contributed by atoms with Crippen LogP contribution in [0.15, 0.2) is 29.3 Å². The lowest BCUT2D eigenvalue weighted by molar-refractivity contribution is 0.886. The first-order chi connectivity index (χ1) is 9.92. The zero-order valence-electron chi connectivity index (χ0n) is 14.0. The van der Waals surface area contributed by atoms with Crippen molar-refractivity contribution in [3.05, 3.63) is 29.8 Å². The number of hydrogen-bond donors (Lipinski definition) is 0. The second-order valence-electron chi connectivity index (χ2n) is 7.43. The minimum Gasteiger partial charge on any atom is -0.247 e. The molecule has 116 valence electrons. The second-order valence-corrected chi connectivity index (χ2v) is 14.4. The van der Waals surface area contributed by atoms with Crippen LogP contribution in [0.3, 0.4) is 0 Å². The van der Waals surface area contributed by atoms with Crippen molar-refractivity contribution < 1.29 is 0 Å². The molecule has 0 N–H and O–H groups in total. The first-order valence-electron chi connectivity index (χ1n) is 8.23. The summed E-state index contributed by atoms with van der Waals surface area (Å²) in [7, 11) is -0.996. The number of rotatable bonds is 5. The molecule has 21 heavy (non-hydrogen) atoms. The van der Waals surface area contributed by atoms with Gasteiger partial charge in [0.2, 0.25) is 0 Å². The molecule has 0 spiro atoms. The molecular formula is C18H29NSSi. The van der Waals surface area contributed by atoms with Gasteiger partial charge >= 0.3 is 0 Å². The summed E-state index contributed by atoms with van der Waals surface area (Å²) in [5, 5.41) is 2.18. The summed E-state index contributed by atoms with van der Waals surface area (Å²) in [5.74, 6) is 0. The van der Waals surface area contributed by atoms with Crippen LogP contribution in [0.4, 0.5) is 5.69 Å². The quantitative estimate of drug-likeness (QED) is 0.346. The van der Waals surface area contributed by atoms with Crippen LogP contribution in [0.1, 0.15) is 37.7 Å². The molecule has 0 heterocycles. The van der Waals surface area contributed by atoms with E-state index in [0.717, 1.165) is 10.9 Å².